The van der Waals surface area contributed by atoms with Gasteiger partial charge in [0, 0.05) is 23.9 Å². The molecule has 2 rings (SSSR count). The van der Waals surface area contributed by atoms with E-state index in [1.807, 2.05) is 12.1 Å². The van der Waals surface area contributed by atoms with Crippen molar-refractivity contribution in [1.82, 2.24) is 5.16 Å². The van der Waals surface area contributed by atoms with Crippen LogP contribution in [0.1, 0.15) is 29.5 Å². The highest BCUT2D eigenvalue weighted by molar-refractivity contribution is 6.03. The number of aromatic nitrogens is 1. The second-order valence-corrected chi connectivity index (χ2v) is 4.28. The monoisotopic (exact) mass is 259 g/mol. The van der Waals surface area contributed by atoms with Crippen LogP contribution in [0.4, 0.5) is 11.5 Å². The topological polar surface area (TPSA) is 67.2 Å². The molecular formula is C14H17N3O2. The fourth-order valence-corrected chi connectivity index (χ4v) is 1.62. The average molecular weight is 259 g/mol. The Hall–Kier alpha value is -2.30. The zero-order valence-corrected chi connectivity index (χ0v) is 11.1. The first kappa shape index (κ1) is 13.1. The minimum absolute atomic E-state index is 0.199. The Kier molecular flexibility index (Phi) is 4.18. The molecular weight excluding hydrogens is 242 g/mol. The third-order valence-electron chi connectivity index (χ3n) is 2.60. The second kappa shape index (κ2) is 6.04. The molecule has 0 saturated heterocycles. The van der Waals surface area contributed by atoms with E-state index in [1.165, 1.54) is 0 Å². The van der Waals surface area contributed by atoms with E-state index in [0.717, 1.165) is 18.7 Å². The van der Waals surface area contributed by atoms with E-state index in [-0.39, 0.29) is 5.91 Å². The summed E-state index contributed by atoms with van der Waals surface area (Å²) in [6, 6.07) is 9.01. The van der Waals surface area contributed by atoms with Crippen molar-refractivity contribution < 1.29 is 9.32 Å². The molecule has 0 bridgehead atoms. The SMILES string of the molecule is CCCNc1ccc(C(=O)Nc2cc(C)on2)cc1. The average Bonchev–Trinajstić information content (AvgIpc) is 2.82. The van der Waals surface area contributed by atoms with E-state index >= 15 is 0 Å². The number of carbonyl (C=O) groups excluding carboxylic acids is 1. The van der Waals surface area contributed by atoms with Gasteiger partial charge in [0.2, 0.25) is 0 Å². The molecule has 2 aromatic rings. The van der Waals surface area contributed by atoms with Gasteiger partial charge in [0.05, 0.1) is 0 Å². The van der Waals surface area contributed by atoms with Gasteiger partial charge in [-0.2, -0.15) is 0 Å². The fraction of sp³-hybridized carbons (Fsp3) is 0.286. The lowest BCUT2D eigenvalue weighted by Gasteiger charge is -2.06. The number of anilines is 2. The third-order valence-corrected chi connectivity index (χ3v) is 2.60. The summed E-state index contributed by atoms with van der Waals surface area (Å²) in [6.45, 7) is 4.80. The summed E-state index contributed by atoms with van der Waals surface area (Å²) < 4.78 is 4.89. The van der Waals surface area contributed by atoms with Crippen molar-refractivity contribution in [3.63, 3.8) is 0 Å². The Morgan fingerprint density at radius 2 is 2.05 bits per heavy atom. The number of nitrogens with zero attached hydrogens (tertiary/aromatic N) is 1. The largest absolute Gasteiger partial charge is 0.385 e. The van der Waals surface area contributed by atoms with E-state index in [2.05, 4.69) is 22.7 Å². The number of amides is 1. The summed E-state index contributed by atoms with van der Waals surface area (Å²) in [4.78, 5) is 11.9. The molecule has 1 amide bonds. The van der Waals surface area contributed by atoms with E-state index in [1.54, 1.807) is 25.1 Å². The molecule has 0 aliphatic heterocycles. The highest BCUT2D eigenvalue weighted by Crippen LogP contribution is 2.12. The van der Waals surface area contributed by atoms with Crippen LogP contribution in [0.3, 0.4) is 0 Å². The fourth-order valence-electron chi connectivity index (χ4n) is 1.62. The maximum atomic E-state index is 11.9. The molecule has 1 aromatic heterocycles. The van der Waals surface area contributed by atoms with Gasteiger partial charge >= 0.3 is 0 Å². The summed E-state index contributed by atoms with van der Waals surface area (Å²) in [6.07, 6.45) is 1.06. The van der Waals surface area contributed by atoms with Gasteiger partial charge in [-0.3, -0.25) is 4.79 Å². The molecule has 5 heteroatoms. The smallest absolute Gasteiger partial charge is 0.256 e. The van der Waals surface area contributed by atoms with Crippen molar-refractivity contribution in [3.05, 3.63) is 41.7 Å². The van der Waals surface area contributed by atoms with Crippen LogP contribution in [0.2, 0.25) is 0 Å². The van der Waals surface area contributed by atoms with Gasteiger partial charge in [-0.25, -0.2) is 0 Å². The highest BCUT2D eigenvalue weighted by Gasteiger charge is 2.08. The molecule has 0 fully saturated rings. The van der Waals surface area contributed by atoms with Gasteiger partial charge in [0.25, 0.3) is 5.91 Å². The van der Waals surface area contributed by atoms with Gasteiger partial charge < -0.3 is 15.2 Å². The molecule has 19 heavy (non-hydrogen) atoms. The minimum atomic E-state index is -0.199. The minimum Gasteiger partial charge on any atom is -0.385 e. The second-order valence-electron chi connectivity index (χ2n) is 4.28. The number of nitrogens with one attached hydrogen (secondary N) is 2. The zero-order chi connectivity index (χ0) is 13.7. The van der Waals surface area contributed by atoms with E-state index in [4.69, 9.17) is 4.52 Å². The molecule has 0 atom stereocenters. The molecule has 0 unspecified atom stereocenters. The number of benzene rings is 1. The molecule has 1 heterocycles. The summed E-state index contributed by atoms with van der Waals surface area (Å²) in [5.41, 5.74) is 1.60. The van der Waals surface area contributed by atoms with Crippen LogP contribution < -0.4 is 10.6 Å². The Bertz CT molecular complexity index is 546. The number of aryl methyl sites for hydroxylation is 1. The Morgan fingerprint density at radius 1 is 1.32 bits per heavy atom. The van der Waals surface area contributed by atoms with Crippen molar-refractivity contribution in [2.75, 3.05) is 17.2 Å². The molecule has 5 nitrogen and oxygen atoms in total. The molecule has 100 valence electrons. The normalized spacial score (nSPS) is 10.2. The van der Waals surface area contributed by atoms with Gasteiger partial charge in [0.15, 0.2) is 5.82 Å². The number of rotatable bonds is 5. The Morgan fingerprint density at radius 3 is 2.63 bits per heavy atom. The van der Waals surface area contributed by atoms with Crippen LogP contribution in [0.5, 0.6) is 0 Å². The van der Waals surface area contributed by atoms with Crippen molar-refractivity contribution in [2.24, 2.45) is 0 Å². The van der Waals surface area contributed by atoms with Crippen LogP contribution in [0.25, 0.3) is 0 Å². The molecule has 0 radical (unpaired) electrons. The molecule has 1 aromatic carbocycles. The predicted octanol–water partition coefficient (Wildman–Crippen LogP) is 3.06. The Labute approximate surface area is 112 Å². The summed E-state index contributed by atoms with van der Waals surface area (Å²) in [5, 5.41) is 9.65. The number of hydrogen-bond acceptors (Lipinski definition) is 4. The van der Waals surface area contributed by atoms with Gasteiger partial charge in [-0.1, -0.05) is 12.1 Å². The summed E-state index contributed by atoms with van der Waals surface area (Å²) in [7, 11) is 0. The molecule has 0 spiro atoms. The number of hydrogen-bond donors (Lipinski definition) is 2. The Balaban J connectivity index is 1.99. The quantitative estimate of drug-likeness (QED) is 0.866. The van der Waals surface area contributed by atoms with Crippen molar-refractivity contribution in [1.29, 1.82) is 0 Å². The zero-order valence-electron chi connectivity index (χ0n) is 11.1. The van der Waals surface area contributed by atoms with Crippen LogP contribution in [-0.2, 0) is 0 Å². The first-order valence-corrected chi connectivity index (χ1v) is 6.27. The van der Waals surface area contributed by atoms with Crippen LogP contribution in [0, 0.1) is 6.92 Å². The maximum absolute atomic E-state index is 11.9. The molecule has 0 aliphatic carbocycles. The van der Waals surface area contributed by atoms with Gasteiger partial charge in [-0.05, 0) is 37.6 Å². The molecule has 0 aliphatic rings. The van der Waals surface area contributed by atoms with E-state index < -0.39 is 0 Å². The highest BCUT2D eigenvalue weighted by atomic mass is 16.5. The van der Waals surface area contributed by atoms with Crippen LogP contribution >= 0.6 is 0 Å². The van der Waals surface area contributed by atoms with Gasteiger partial charge in [0.1, 0.15) is 5.76 Å². The standard InChI is InChI=1S/C14H17N3O2/c1-3-8-15-12-6-4-11(5-7-12)14(18)16-13-9-10(2)19-17-13/h4-7,9,15H,3,8H2,1-2H3,(H,16,17,18). The van der Waals surface area contributed by atoms with Crippen molar-refractivity contribution >= 4 is 17.4 Å². The molecule has 2 N–H and O–H groups in total. The van der Waals surface area contributed by atoms with Gasteiger partial charge in [-0.15, -0.1) is 0 Å². The summed E-state index contributed by atoms with van der Waals surface area (Å²) in [5.74, 6) is 0.889. The first-order chi connectivity index (χ1) is 9.19. The first-order valence-electron chi connectivity index (χ1n) is 6.27. The lowest BCUT2D eigenvalue weighted by molar-refractivity contribution is 0.102. The van der Waals surface area contributed by atoms with Crippen molar-refractivity contribution in [2.45, 2.75) is 20.3 Å². The lowest BCUT2D eigenvalue weighted by atomic mass is 10.2. The maximum Gasteiger partial charge on any atom is 0.256 e. The summed E-state index contributed by atoms with van der Waals surface area (Å²) >= 11 is 0. The third kappa shape index (κ3) is 3.58. The lowest BCUT2D eigenvalue weighted by Crippen LogP contribution is -2.12. The van der Waals surface area contributed by atoms with Crippen molar-refractivity contribution in [3.8, 4) is 0 Å². The molecule has 0 saturated carbocycles. The van der Waals surface area contributed by atoms with E-state index in [9.17, 15) is 4.79 Å². The van der Waals surface area contributed by atoms with Crippen LogP contribution in [0.15, 0.2) is 34.9 Å². The van der Waals surface area contributed by atoms with E-state index in [0.29, 0.717) is 17.1 Å². The van der Waals surface area contributed by atoms with Crippen LogP contribution in [-0.4, -0.2) is 17.6 Å². The number of carbonyl (C=O) groups is 1. The predicted molar refractivity (Wildman–Crippen MR) is 74.4 cm³/mol.